The Kier molecular flexibility index (Phi) is 5.81. The molecule has 3 aromatic rings. The summed E-state index contributed by atoms with van der Waals surface area (Å²) in [6.45, 7) is 2.40. The summed E-state index contributed by atoms with van der Waals surface area (Å²) in [4.78, 5) is 38.1. The normalized spacial score (nSPS) is 15.3. The van der Waals surface area contributed by atoms with E-state index in [4.69, 9.17) is 10.5 Å². The second-order valence-electron chi connectivity index (χ2n) is 7.19. The van der Waals surface area contributed by atoms with Gasteiger partial charge >= 0.3 is 0 Å². The first-order valence-corrected chi connectivity index (χ1v) is 10.5. The summed E-state index contributed by atoms with van der Waals surface area (Å²) in [6, 6.07) is 15.1. The predicted octanol–water partition coefficient (Wildman–Crippen LogP) is 3.55. The van der Waals surface area contributed by atoms with Gasteiger partial charge in [0.15, 0.2) is 0 Å². The number of para-hydroxylation sites is 1. The zero-order valence-corrected chi connectivity index (χ0v) is 17.7. The van der Waals surface area contributed by atoms with Crippen LogP contribution in [-0.2, 0) is 16.1 Å². The Bertz CT molecular complexity index is 1200. The molecule has 158 valence electrons. The standard InChI is InChI=1S/C23H21N3O4S/c1-15-6-8-17(9-7-15)30-11-10-26-22(28)20(31-23(26)29)12-16-13-25(14-21(24)27)19-5-3-2-4-18(16)19/h2-9,12-13H,10-11,14H2,1H3,(H2,24,27). The molecule has 31 heavy (non-hydrogen) atoms. The molecule has 8 heteroatoms. The lowest BCUT2D eigenvalue weighted by Crippen LogP contribution is -2.32. The van der Waals surface area contributed by atoms with E-state index in [0.717, 1.165) is 33.8 Å². The first-order chi connectivity index (χ1) is 14.9. The molecule has 3 amide bonds. The van der Waals surface area contributed by atoms with Crippen LogP contribution in [0.1, 0.15) is 11.1 Å². The number of benzene rings is 2. The third kappa shape index (κ3) is 4.49. The quantitative estimate of drug-likeness (QED) is 0.573. The zero-order chi connectivity index (χ0) is 22.0. The van der Waals surface area contributed by atoms with Gasteiger partial charge in [-0.25, -0.2) is 0 Å². The fourth-order valence-corrected chi connectivity index (χ4v) is 4.27. The van der Waals surface area contributed by atoms with Crippen molar-refractivity contribution >= 4 is 45.8 Å². The van der Waals surface area contributed by atoms with Gasteiger partial charge < -0.3 is 15.0 Å². The van der Waals surface area contributed by atoms with Crippen molar-refractivity contribution < 1.29 is 19.1 Å². The summed E-state index contributed by atoms with van der Waals surface area (Å²) >= 11 is 0.899. The summed E-state index contributed by atoms with van der Waals surface area (Å²) in [5.41, 5.74) is 8.05. The van der Waals surface area contributed by atoms with E-state index < -0.39 is 5.91 Å². The number of ether oxygens (including phenoxy) is 1. The maximum atomic E-state index is 12.8. The molecule has 1 aliphatic heterocycles. The van der Waals surface area contributed by atoms with Gasteiger partial charge in [-0.05, 0) is 43.0 Å². The number of nitrogens with zero attached hydrogens (tertiary/aromatic N) is 2. The molecular formula is C23H21N3O4S. The topological polar surface area (TPSA) is 94.6 Å². The highest BCUT2D eigenvalue weighted by atomic mass is 32.2. The van der Waals surface area contributed by atoms with Gasteiger partial charge in [-0.1, -0.05) is 35.9 Å². The molecule has 0 spiro atoms. The lowest BCUT2D eigenvalue weighted by molar-refractivity contribution is -0.123. The lowest BCUT2D eigenvalue weighted by Gasteiger charge is -2.13. The largest absolute Gasteiger partial charge is 0.492 e. The summed E-state index contributed by atoms with van der Waals surface area (Å²) in [6.07, 6.45) is 3.45. The van der Waals surface area contributed by atoms with E-state index in [0.29, 0.717) is 10.7 Å². The molecule has 7 nitrogen and oxygen atoms in total. The minimum absolute atomic E-state index is 0.0339. The van der Waals surface area contributed by atoms with Gasteiger partial charge in [0.2, 0.25) is 5.91 Å². The van der Waals surface area contributed by atoms with Gasteiger partial charge in [0, 0.05) is 22.7 Å². The SMILES string of the molecule is Cc1ccc(OCCN2C(=O)SC(=Cc3cn(CC(N)=O)c4ccccc34)C2=O)cc1. The number of nitrogens with two attached hydrogens (primary N) is 1. The molecule has 0 saturated carbocycles. The molecule has 2 aromatic carbocycles. The summed E-state index contributed by atoms with van der Waals surface area (Å²) in [7, 11) is 0. The Morgan fingerprint density at radius 3 is 2.61 bits per heavy atom. The number of hydrogen-bond acceptors (Lipinski definition) is 5. The van der Waals surface area contributed by atoms with Crippen molar-refractivity contribution in [1.82, 2.24) is 9.47 Å². The number of amides is 3. The maximum absolute atomic E-state index is 12.8. The van der Waals surface area contributed by atoms with Crippen LogP contribution >= 0.6 is 11.8 Å². The van der Waals surface area contributed by atoms with Gasteiger partial charge in [-0.3, -0.25) is 19.3 Å². The van der Waals surface area contributed by atoms with Gasteiger partial charge in [0.05, 0.1) is 11.4 Å². The molecule has 2 heterocycles. The molecule has 0 atom stereocenters. The maximum Gasteiger partial charge on any atom is 0.293 e. The van der Waals surface area contributed by atoms with E-state index in [-0.39, 0.29) is 30.8 Å². The molecule has 1 aliphatic rings. The van der Waals surface area contributed by atoms with Crippen LogP contribution < -0.4 is 10.5 Å². The molecule has 1 fully saturated rings. The highest BCUT2D eigenvalue weighted by Crippen LogP contribution is 2.34. The zero-order valence-electron chi connectivity index (χ0n) is 16.9. The highest BCUT2D eigenvalue weighted by molar-refractivity contribution is 8.18. The Balaban J connectivity index is 1.50. The summed E-state index contributed by atoms with van der Waals surface area (Å²) in [5.74, 6) is -0.120. The Labute approximate surface area is 183 Å². The van der Waals surface area contributed by atoms with Crippen LogP contribution in [0.2, 0.25) is 0 Å². The van der Waals surface area contributed by atoms with E-state index >= 15 is 0 Å². The number of aryl methyl sites for hydroxylation is 1. The number of imide groups is 1. The van der Waals surface area contributed by atoms with Gasteiger partial charge in [0.25, 0.3) is 11.1 Å². The fourth-order valence-electron chi connectivity index (χ4n) is 3.41. The number of rotatable bonds is 7. The number of aromatic nitrogens is 1. The monoisotopic (exact) mass is 435 g/mol. The highest BCUT2D eigenvalue weighted by Gasteiger charge is 2.35. The summed E-state index contributed by atoms with van der Waals surface area (Å²) < 4.78 is 7.39. The summed E-state index contributed by atoms with van der Waals surface area (Å²) in [5, 5.41) is 0.544. The smallest absolute Gasteiger partial charge is 0.293 e. The first-order valence-electron chi connectivity index (χ1n) is 9.73. The van der Waals surface area contributed by atoms with Crippen molar-refractivity contribution in [2.24, 2.45) is 5.73 Å². The van der Waals surface area contributed by atoms with Gasteiger partial charge in [0.1, 0.15) is 18.9 Å². The molecule has 1 saturated heterocycles. The van der Waals surface area contributed by atoms with Crippen LogP contribution in [0.3, 0.4) is 0 Å². The number of primary amides is 1. The van der Waals surface area contributed by atoms with Crippen molar-refractivity contribution in [1.29, 1.82) is 0 Å². The number of fused-ring (bicyclic) bond motifs is 1. The van der Waals surface area contributed by atoms with Crippen molar-refractivity contribution in [3.05, 3.63) is 70.8 Å². The molecule has 4 rings (SSSR count). The lowest BCUT2D eigenvalue weighted by atomic mass is 10.1. The number of carbonyl (C=O) groups excluding carboxylic acids is 3. The van der Waals surface area contributed by atoms with Crippen molar-refractivity contribution in [3.8, 4) is 5.75 Å². The van der Waals surface area contributed by atoms with E-state index in [1.807, 2.05) is 55.5 Å². The van der Waals surface area contributed by atoms with E-state index in [9.17, 15) is 14.4 Å². The van der Waals surface area contributed by atoms with Gasteiger partial charge in [-0.2, -0.15) is 0 Å². The average Bonchev–Trinajstić information content (AvgIpc) is 3.21. The third-order valence-corrected chi connectivity index (χ3v) is 5.82. The van der Waals surface area contributed by atoms with Gasteiger partial charge in [-0.15, -0.1) is 0 Å². The fraction of sp³-hybridized carbons (Fsp3) is 0.174. The van der Waals surface area contributed by atoms with Crippen LogP contribution in [0.4, 0.5) is 4.79 Å². The van der Waals surface area contributed by atoms with Crippen LogP contribution in [0.15, 0.2) is 59.6 Å². The van der Waals surface area contributed by atoms with E-state index in [1.54, 1.807) is 16.8 Å². The molecule has 1 aromatic heterocycles. The second kappa shape index (κ2) is 8.69. The number of hydrogen-bond donors (Lipinski definition) is 1. The Morgan fingerprint density at radius 1 is 1.13 bits per heavy atom. The molecule has 0 bridgehead atoms. The molecule has 0 aliphatic carbocycles. The van der Waals surface area contributed by atoms with Crippen molar-refractivity contribution in [3.63, 3.8) is 0 Å². The minimum Gasteiger partial charge on any atom is -0.492 e. The Hall–Kier alpha value is -3.52. The van der Waals surface area contributed by atoms with Crippen LogP contribution in [0, 0.1) is 6.92 Å². The predicted molar refractivity (Wildman–Crippen MR) is 120 cm³/mol. The molecule has 0 radical (unpaired) electrons. The van der Waals surface area contributed by atoms with Crippen molar-refractivity contribution in [2.45, 2.75) is 13.5 Å². The van der Waals surface area contributed by atoms with Crippen LogP contribution in [0.25, 0.3) is 17.0 Å². The minimum atomic E-state index is -0.457. The second-order valence-corrected chi connectivity index (χ2v) is 8.18. The van der Waals surface area contributed by atoms with Crippen LogP contribution in [0.5, 0.6) is 5.75 Å². The van der Waals surface area contributed by atoms with Crippen molar-refractivity contribution in [2.75, 3.05) is 13.2 Å². The molecule has 2 N–H and O–H groups in total. The third-order valence-electron chi connectivity index (χ3n) is 4.91. The number of carbonyl (C=O) groups is 3. The average molecular weight is 436 g/mol. The van der Waals surface area contributed by atoms with Crippen LogP contribution in [-0.4, -0.2) is 39.7 Å². The Morgan fingerprint density at radius 2 is 1.87 bits per heavy atom. The first kappa shape index (κ1) is 20.7. The molecule has 0 unspecified atom stereocenters. The number of thioether (sulfide) groups is 1. The molecular weight excluding hydrogens is 414 g/mol. The van der Waals surface area contributed by atoms with E-state index in [1.165, 1.54) is 4.90 Å². The van der Waals surface area contributed by atoms with E-state index in [2.05, 4.69) is 0 Å².